The Morgan fingerprint density at radius 2 is 1.87 bits per heavy atom. The first-order valence-corrected chi connectivity index (χ1v) is 9.92. The van der Waals surface area contributed by atoms with Crippen LogP contribution < -0.4 is 5.32 Å². The molecule has 2 rings (SSSR count). The Labute approximate surface area is 178 Å². The number of nitriles is 1. The number of carbonyl (C=O) groups excluding carboxylic acids is 1. The van der Waals surface area contributed by atoms with Gasteiger partial charge in [-0.2, -0.15) is 5.26 Å². The zero-order chi connectivity index (χ0) is 22.7. The predicted octanol–water partition coefficient (Wildman–Crippen LogP) is 4.43. The van der Waals surface area contributed by atoms with Crippen molar-refractivity contribution in [3.05, 3.63) is 40.6 Å². The first kappa shape index (κ1) is 23.9. The second kappa shape index (κ2) is 8.79. The molecule has 1 aromatic rings. The van der Waals surface area contributed by atoms with Gasteiger partial charge in [-0.05, 0) is 77.2 Å². The number of hydrogen-bond donors (Lipinski definition) is 1. The Hall–Kier alpha value is -2.37. The van der Waals surface area contributed by atoms with Gasteiger partial charge in [-0.1, -0.05) is 12.1 Å². The Bertz CT molecular complexity index is 853. The van der Waals surface area contributed by atoms with Gasteiger partial charge >= 0.3 is 13.2 Å². The third-order valence-electron chi connectivity index (χ3n) is 5.11. The SMILES string of the molecule is CC(C)(C)OC(=O)NCC(=Cc1cc(F)ccc1CC#N)B1OC(C)(C)C(C)(C)O1. The first-order valence-electron chi connectivity index (χ1n) is 9.92. The molecule has 1 N–H and O–H groups in total. The molecule has 0 bridgehead atoms. The summed E-state index contributed by atoms with van der Waals surface area (Å²) in [7, 11) is -0.747. The predicted molar refractivity (Wildman–Crippen MR) is 114 cm³/mol. The second-order valence-corrected chi connectivity index (χ2v) is 9.34. The lowest BCUT2D eigenvalue weighted by molar-refractivity contribution is 0.00578. The third kappa shape index (κ3) is 6.07. The number of benzene rings is 1. The fraction of sp³-hybridized carbons (Fsp3) is 0.545. The van der Waals surface area contributed by atoms with Crippen molar-refractivity contribution in [2.75, 3.05) is 6.54 Å². The van der Waals surface area contributed by atoms with Gasteiger partial charge < -0.3 is 19.4 Å². The zero-order valence-electron chi connectivity index (χ0n) is 18.8. The van der Waals surface area contributed by atoms with E-state index in [2.05, 4.69) is 11.4 Å². The van der Waals surface area contributed by atoms with Gasteiger partial charge in [0.05, 0.1) is 23.7 Å². The van der Waals surface area contributed by atoms with Crippen molar-refractivity contribution in [1.29, 1.82) is 5.26 Å². The number of hydrogen-bond acceptors (Lipinski definition) is 5. The summed E-state index contributed by atoms with van der Waals surface area (Å²) in [5.41, 5.74) is -0.0113. The monoisotopic (exact) mass is 416 g/mol. The number of rotatable bonds is 5. The molecule has 0 atom stereocenters. The third-order valence-corrected chi connectivity index (χ3v) is 5.11. The molecule has 1 aromatic carbocycles. The van der Waals surface area contributed by atoms with Crippen LogP contribution in [-0.4, -0.2) is 36.6 Å². The molecule has 1 aliphatic rings. The van der Waals surface area contributed by atoms with Crippen molar-refractivity contribution in [1.82, 2.24) is 5.32 Å². The summed E-state index contributed by atoms with van der Waals surface area (Å²) in [6.45, 7) is 13.1. The Kier molecular flexibility index (Phi) is 7.00. The van der Waals surface area contributed by atoms with E-state index in [9.17, 15) is 9.18 Å². The number of ether oxygens (including phenoxy) is 1. The van der Waals surface area contributed by atoms with Crippen molar-refractivity contribution in [3.63, 3.8) is 0 Å². The Morgan fingerprint density at radius 3 is 2.40 bits per heavy atom. The highest BCUT2D eigenvalue weighted by Gasteiger charge is 2.52. The topological polar surface area (TPSA) is 80.6 Å². The molecule has 1 saturated heterocycles. The van der Waals surface area contributed by atoms with Crippen LogP contribution in [-0.2, 0) is 20.5 Å². The maximum Gasteiger partial charge on any atom is 0.492 e. The van der Waals surface area contributed by atoms with E-state index < -0.39 is 35.8 Å². The van der Waals surface area contributed by atoms with Crippen molar-refractivity contribution in [2.24, 2.45) is 0 Å². The molecule has 0 radical (unpaired) electrons. The lowest BCUT2D eigenvalue weighted by Crippen LogP contribution is -2.41. The highest BCUT2D eigenvalue weighted by Crippen LogP contribution is 2.39. The van der Waals surface area contributed by atoms with Gasteiger partial charge in [0.25, 0.3) is 0 Å². The molecule has 0 unspecified atom stereocenters. The smallest absolute Gasteiger partial charge is 0.444 e. The average molecular weight is 416 g/mol. The van der Waals surface area contributed by atoms with Gasteiger partial charge in [0.2, 0.25) is 0 Å². The van der Waals surface area contributed by atoms with Crippen LogP contribution in [0.5, 0.6) is 0 Å². The summed E-state index contributed by atoms with van der Waals surface area (Å²) < 4.78 is 31.4. The molecule has 30 heavy (non-hydrogen) atoms. The van der Waals surface area contributed by atoms with Crippen LogP contribution in [0, 0.1) is 17.1 Å². The molecule has 0 spiro atoms. The number of amides is 1. The van der Waals surface area contributed by atoms with E-state index in [1.165, 1.54) is 12.1 Å². The maximum absolute atomic E-state index is 13.9. The second-order valence-electron chi connectivity index (χ2n) is 9.34. The number of carbonyl (C=O) groups is 1. The molecule has 0 saturated carbocycles. The van der Waals surface area contributed by atoms with Crippen LogP contribution in [0.25, 0.3) is 6.08 Å². The minimum absolute atomic E-state index is 0.0776. The summed E-state index contributed by atoms with van der Waals surface area (Å²) in [6.07, 6.45) is 1.25. The molecule has 1 aliphatic heterocycles. The lowest BCUT2D eigenvalue weighted by atomic mass is 9.76. The number of alkyl carbamates (subject to hydrolysis) is 1. The van der Waals surface area contributed by atoms with Crippen molar-refractivity contribution >= 4 is 19.3 Å². The van der Waals surface area contributed by atoms with Gasteiger partial charge in [-0.25, -0.2) is 9.18 Å². The van der Waals surface area contributed by atoms with Crippen LogP contribution in [0.2, 0.25) is 0 Å². The van der Waals surface area contributed by atoms with Crippen molar-refractivity contribution < 1.29 is 23.2 Å². The molecule has 1 amide bonds. The van der Waals surface area contributed by atoms with Crippen LogP contribution >= 0.6 is 0 Å². The highest BCUT2D eigenvalue weighted by atomic mass is 19.1. The minimum atomic E-state index is -0.747. The van der Waals surface area contributed by atoms with Gasteiger partial charge in [0.15, 0.2) is 0 Å². The fourth-order valence-corrected chi connectivity index (χ4v) is 2.83. The Balaban J connectivity index is 2.37. The first-order chi connectivity index (χ1) is 13.7. The summed E-state index contributed by atoms with van der Waals surface area (Å²) in [4.78, 5) is 12.2. The maximum atomic E-state index is 13.9. The van der Waals surface area contributed by atoms with Crippen LogP contribution in [0.4, 0.5) is 9.18 Å². The molecule has 1 heterocycles. The molecule has 162 valence electrons. The standard InChI is InChI=1S/C22H30BFN2O4/c1-20(2,3)28-19(27)26-14-17(23-29-21(4,5)22(6,7)30-23)12-16-13-18(24)9-8-15(16)10-11-25/h8-9,12-13H,10,14H2,1-7H3,(H,26,27). The summed E-state index contributed by atoms with van der Waals surface area (Å²) >= 11 is 0. The quantitative estimate of drug-likeness (QED) is 0.719. The van der Waals surface area contributed by atoms with E-state index in [0.717, 1.165) is 0 Å². The molecular formula is C22H30BFN2O4. The highest BCUT2D eigenvalue weighted by molar-refractivity contribution is 6.56. The summed E-state index contributed by atoms with van der Waals surface area (Å²) in [6, 6.07) is 6.33. The molecule has 0 aliphatic carbocycles. The normalized spacial score (nSPS) is 18.1. The molecule has 1 fully saturated rings. The van der Waals surface area contributed by atoms with E-state index in [-0.39, 0.29) is 13.0 Å². The van der Waals surface area contributed by atoms with E-state index in [0.29, 0.717) is 16.6 Å². The number of halogens is 1. The van der Waals surface area contributed by atoms with Crippen LogP contribution in [0.15, 0.2) is 23.7 Å². The van der Waals surface area contributed by atoms with E-state index in [1.807, 2.05) is 27.7 Å². The number of nitrogens with zero attached hydrogens (tertiary/aromatic N) is 1. The van der Waals surface area contributed by atoms with Gasteiger partial charge in [0, 0.05) is 6.54 Å². The summed E-state index contributed by atoms with van der Waals surface area (Å²) in [5.74, 6) is -0.420. The zero-order valence-corrected chi connectivity index (χ0v) is 18.8. The van der Waals surface area contributed by atoms with Crippen molar-refractivity contribution in [2.45, 2.75) is 71.7 Å². The fourth-order valence-electron chi connectivity index (χ4n) is 2.83. The molecular weight excluding hydrogens is 386 g/mol. The lowest BCUT2D eigenvalue weighted by Gasteiger charge is -2.32. The van der Waals surface area contributed by atoms with Gasteiger partial charge in [-0.15, -0.1) is 0 Å². The van der Waals surface area contributed by atoms with Crippen LogP contribution in [0.3, 0.4) is 0 Å². The van der Waals surface area contributed by atoms with Gasteiger partial charge in [0.1, 0.15) is 11.4 Å². The summed E-state index contributed by atoms with van der Waals surface area (Å²) in [5, 5.41) is 11.8. The Morgan fingerprint density at radius 1 is 1.27 bits per heavy atom. The van der Waals surface area contributed by atoms with E-state index in [4.69, 9.17) is 19.3 Å². The minimum Gasteiger partial charge on any atom is -0.444 e. The van der Waals surface area contributed by atoms with Crippen LogP contribution in [0.1, 0.15) is 59.6 Å². The average Bonchev–Trinajstić information content (AvgIpc) is 2.80. The molecule has 0 aromatic heterocycles. The largest absolute Gasteiger partial charge is 0.492 e. The number of nitrogens with one attached hydrogen (secondary N) is 1. The van der Waals surface area contributed by atoms with E-state index >= 15 is 0 Å². The van der Waals surface area contributed by atoms with E-state index in [1.54, 1.807) is 32.9 Å². The van der Waals surface area contributed by atoms with Crippen molar-refractivity contribution in [3.8, 4) is 6.07 Å². The molecule has 8 heteroatoms. The molecule has 6 nitrogen and oxygen atoms in total. The van der Waals surface area contributed by atoms with Gasteiger partial charge in [-0.3, -0.25) is 0 Å².